The zero-order valence-corrected chi connectivity index (χ0v) is 15.4. The molecule has 2 aliphatic rings. The maximum atomic E-state index is 12.7. The molecule has 0 bridgehead atoms. The van der Waals surface area contributed by atoms with Gasteiger partial charge in [0.2, 0.25) is 0 Å². The highest BCUT2D eigenvalue weighted by molar-refractivity contribution is 5.98. The van der Waals surface area contributed by atoms with Crippen LogP contribution in [0.1, 0.15) is 32.2 Å². The Hall–Kier alpha value is -3.35. The van der Waals surface area contributed by atoms with Crippen molar-refractivity contribution in [3.8, 4) is 11.1 Å². The number of nitrogens with zero attached hydrogens (tertiary/aromatic N) is 1. The van der Waals surface area contributed by atoms with E-state index in [4.69, 9.17) is 0 Å². The molecule has 3 amide bonds. The molecule has 2 heterocycles. The van der Waals surface area contributed by atoms with Crippen molar-refractivity contribution in [2.24, 2.45) is 5.92 Å². The Kier molecular flexibility index (Phi) is 4.50. The van der Waals surface area contributed by atoms with Gasteiger partial charge in [-0.05, 0) is 34.9 Å². The number of rotatable bonds is 2. The van der Waals surface area contributed by atoms with Gasteiger partial charge in [0.25, 0.3) is 11.8 Å². The summed E-state index contributed by atoms with van der Waals surface area (Å²) in [4.78, 5) is 37.3. The Balaban J connectivity index is 1.73. The molecule has 0 saturated carbocycles. The van der Waals surface area contributed by atoms with Gasteiger partial charge in [-0.25, -0.2) is 4.79 Å². The quantitative estimate of drug-likeness (QED) is 0.745. The van der Waals surface area contributed by atoms with Crippen LogP contribution in [0.25, 0.3) is 11.1 Å². The van der Waals surface area contributed by atoms with Crippen molar-refractivity contribution in [1.82, 2.24) is 15.5 Å². The molecular formula is C21H21N3O4. The molecule has 0 unspecified atom stereocenters. The van der Waals surface area contributed by atoms with Crippen molar-refractivity contribution in [2.45, 2.75) is 5.92 Å². The van der Waals surface area contributed by atoms with Crippen LogP contribution in [0, 0.1) is 5.92 Å². The van der Waals surface area contributed by atoms with E-state index in [9.17, 15) is 19.5 Å². The van der Waals surface area contributed by atoms with Crippen LogP contribution in [-0.2, 0) is 0 Å². The molecule has 4 rings (SSSR count). The number of benzene rings is 2. The van der Waals surface area contributed by atoms with Gasteiger partial charge in [-0.1, -0.05) is 24.3 Å². The molecular weight excluding hydrogens is 358 g/mol. The largest absolute Gasteiger partial charge is 0.465 e. The van der Waals surface area contributed by atoms with Crippen LogP contribution in [0.4, 0.5) is 4.79 Å². The highest BCUT2D eigenvalue weighted by Crippen LogP contribution is 2.37. The zero-order valence-electron chi connectivity index (χ0n) is 15.4. The molecule has 1 fully saturated rings. The number of hydrogen-bond acceptors (Lipinski definition) is 3. The predicted molar refractivity (Wildman–Crippen MR) is 103 cm³/mol. The monoisotopic (exact) mass is 379 g/mol. The fourth-order valence-electron chi connectivity index (χ4n) is 4.15. The van der Waals surface area contributed by atoms with Crippen LogP contribution in [0.3, 0.4) is 0 Å². The average molecular weight is 379 g/mol. The van der Waals surface area contributed by atoms with Gasteiger partial charge >= 0.3 is 6.09 Å². The maximum Gasteiger partial charge on any atom is 0.407 e. The molecule has 3 N–H and O–H groups in total. The highest BCUT2D eigenvalue weighted by Gasteiger charge is 2.39. The number of likely N-dealkylation sites (tertiary alicyclic amines) is 1. The fourth-order valence-corrected chi connectivity index (χ4v) is 4.15. The normalized spacial score (nSPS) is 20.6. The summed E-state index contributed by atoms with van der Waals surface area (Å²) in [7, 11) is 1.58. The molecule has 0 radical (unpaired) electrons. The molecule has 7 nitrogen and oxygen atoms in total. The summed E-state index contributed by atoms with van der Waals surface area (Å²) in [6.45, 7) is 1.28. The van der Waals surface area contributed by atoms with Crippen molar-refractivity contribution in [2.75, 3.05) is 26.7 Å². The van der Waals surface area contributed by atoms with Crippen molar-refractivity contribution in [3.63, 3.8) is 0 Å². The molecule has 2 aromatic rings. The summed E-state index contributed by atoms with van der Waals surface area (Å²) in [6.07, 6.45) is -0.927. The van der Waals surface area contributed by atoms with E-state index in [2.05, 4.69) is 10.6 Å². The first kappa shape index (κ1) is 18.0. The van der Waals surface area contributed by atoms with E-state index in [1.54, 1.807) is 19.2 Å². The molecule has 144 valence electrons. The van der Waals surface area contributed by atoms with Crippen LogP contribution in [-0.4, -0.2) is 54.6 Å². The van der Waals surface area contributed by atoms with Crippen LogP contribution in [0.2, 0.25) is 0 Å². The van der Waals surface area contributed by atoms with Crippen LogP contribution < -0.4 is 10.6 Å². The Bertz CT molecular complexity index is 972. The van der Waals surface area contributed by atoms with E-state index in [1.165, 1.54) is 4.90 Å². The van der Waals surface area contributed by atoms with Gasteiger partial charge in [-0.3, -0.25) is 9.59 Å². The number of carbonyl (C=O) groups is 3. The Morgan fingerprint density at radius 1 is 1.14 bits per heavy atom. The minimum Gasteiger partial charge on any atom is -0.465 e. The van der Waals surface area contributed by atoms with Crippen molar-refractivity contribution >= 4 is 17.9 Å². The molecule has 2 atom stereocenters. The molecule has 0 spiro atoms. The third kappa shape index (κ3) is 3.09. The summed E-state index contributed by atoms with van der Waals surface area (Å²) in [5, 5.41) is 14.9. The lowest BCUT2D eigenvalue weighted by Crippen LogP contribution is -2.31. The average Bonchev–Trinajstić information content (AvgIpc) is 3.10. The standard InChI is InChI=1S/C21H21N3O4/c1-22-19(25)14-4-2-3-12(7-14)13-5-6-16-17(8-13)20(26)23-9-15-10-24(21(27)28)11-18(15)16/h2-8,15,18H,9-11H2,1H3,(H,22,25)(H,23,26)(H,27,28)/t15-,18-/m0/s1. The van der Waals surface area contributed by atoms with Gasteiger partial charge in [0.1, 0.15) is 0 Å². The fraction of sp³-hybridized carbons (Fsp3) is 0.286. The number of fused-ring (bicyclic) bond motifs is 3. The van der Waals surface area contributed by atoms with Crippen LogP contribution >= 0.6 is 0 Å². The number of carboxylic acid groups (broad SMARTS) is 1. The first-order chi connectivity index (χ1) is 13.5. The van der Waals surface area contributed by atoms with Gasteiger partial charge in [0, 0.05) is 49.6 Å². The molecule has 2 aliphatic heterocycles. The lowest BCUT2D eigenvalue weighted by Gasteiger charge is -2.17. The van der Waals surface area contributed by atoms with E-state index in [0.29, 0.717) is 30.8 Å². The number of hydrogen-bond donors (Lipinski definition) is 3. The first-order valence-corrected chi connectivity index (χ1v) is 9.20. The van der Waals surface area contributed by atoms with E-state index in [0.717, 1.165) is 16.7 Å². The van der Waals surface area contributed by atoms with Gasteiger partial charge in [-0.15, -0.1) is 0 Å². The number of amides is 3. The third-order valence-electron chi connectivity index (χ3n) is 5.62. The van der Waals surface area contributed by atoms with Gasteiger partial charge in [0.05, 0.1) is 0 Å². The SMILES string of the molecule is CNC(=O)c1cccc(-c2ccc3c(c2)C(=O)NC[C@H]2CN(C(=O)O)C[C@H]32)c1. The van der Waals surface area contributed by atoms with Crippen LogP contribution in [0.15, 0.2) is 42.5 Å². The van der Waals surface area contributed by atoms with Crippen molar-refractivity contribution < 1.29 is 19.5 Å². The molecule has 2 aromatic carbocycles. The Labute approximate surface area is 162 Å². The van der Waals surface area contributed by atoms with Crippen molar-refractivity contribution in [3.05, 3.63) is 59.2 Å². The summed E-state index contributed by atoms with van der Waals surface area (Å²) >= 11 is 0. The Morgan fingerprint density at radius 2 is 1.93 bits per heavy atom. The summed E-state index contributed by atoms with van der Waals surface area (Å²) in [5.41, 5.74) is 3.69. The van der Waals surface area contributed by atoms with Gasteiger partial charge in [-0.2, -0.15) is 0 Å². The van der Waals surface area contributed by atoms with Crippen molar-refractivity contribution in [1.29, 1.82) is 0 Å². The molecule has 0 aromatic heterocycles. The number of carbonyl (C=O) groups excluding carboxylic acids is 2. The number of nitrogens with one attached hydrogen (secondary N) is 2. The minimum absolute atomic E-state index is 0.00342. The van der Waals surface area contributed by atoms with Crippen LogP contribution in [0.5, 0.6) is 0 Å². The van der Waals surface area contributed by atoms with E-state index < -0.39 is 6.09 Å². The molecule has 7 heteroatoms. The van der Waals surface area contributed by atoms with E-state index in [-0.39, 0.29) is 23.7 Å². The zero-order chi connectivity index (χ0) is 19.8. The molecule has 1 saturated heterocycles. The van der Waals surface area contributed by atoms with Gasteiger partial charge < -0.3 is 20.6 Å². The second-order valence-corrected chi connectivity index (χ2v) is 7.23. The topological polar surface area (TPSA) is 98.7 Å². The van der Waals surface area contributed by atoms with E-state index in [1.807, 2.05) is 30.3 Å². The predicted octanol–water partition coefficient (Wildman–Crippen LogP) is 2.15. The molecule has 0 aliphatic carbocycles. The summed E-state index contributed by atoms with van der Waals surface area (Å²) < 4.78 is 0. The minimum atomic E-state index is -0.927. The Morgan fingerprint density at radius 3 is 2.68 bits per heavy atom. The lowest BCUT2D eigenvalue weighted by molar-refractivity contribution is 0.0947. The van der Waals surface area contributed by atoms with E-state index >= 15 is 0 Å². The maximum absolute atomic E-state index is 12.7. The smallest absolute Gasteiger partial charge is 0.407 e. The second-order valence-electron chi connectivity index (χ2n) is 7.23. The summed E-state index contributed by atoms with van der Waals surface area (Å²) in [5.74, 6) is -0.243. The lowest BCUT2D eigenvalue weighted by atomic mass is 9.86. The second kappa shape index (κ2) is 6.99. The first-order valence-electron chi connectivity index (χ1n) is 9.20. The van der Waals surface area contributed by atoms with Gasteiger partial charge in [0.15, 0.2) is 0 Å². The summed E-state index contributed by atoms with van der Waals surface area (Å²) in [6, 6.07) is 12.9. The molecule has 28 heavy (non-hydrogen) atoms. The highest BCUT2D eigenvalue weighted by atomic mass is 16.4. The third-order valence-corrected chi connectivity index (χ3v) is 5.62.